The first kappa shape index (κ1) is 13.0. The highest BCUT2D eigenvalue weighted by Crippen LogP contribution is 2.29. The van der Waals surface area contributed by atoms with E-state index in [9.17, 15) is 5.11 Å². The summed E-state index contributed by atoms with van der Waals surface area (Å²) in [5.74, 6) is 1.03. The minimum Gasteiger partial charge on any atom is -0.494 e. The molecule has 2 unspecified atom stereocenters. The maximum absolute atomic E-state index is 9.44. The Balaban J connectivity index is 2.89. The monoisotopic (exact) mass is 223 g/mol. The van der Waals surface area contributed by atoms with E-state index in [1.807, 2.05) is 31.2 Å². The highest BCUT2D eigenvalue weighted by atomic mass is 16.5. The van der Waals surface area contributed by atoms with E-state index in [1.165, 1.54) is 0 Å². The van der Waals surface area contributed by atoms with Crippen LogP contribution in [0.25, 0.3) is 0 Å². The van der Waals surface area contributed by atoms with Crippen molar-refractivity contribution in [3.63, 3.8) is 0 Å². The van der Waals surface area contributed by atoms with Crippen LogP contribution in [0.4, 0.5) is 0 Å². The molecule has 0 saturated heterocycles. The molecule has 0 aliphatic rings. The molecule has 0 fully saturated rings. The molecule has 1 aromatic carbocycles. The predicted octanol–water partition coefficient (Wildman–Crippen LogP) is 1.90. The quantitative estimate of drug-likeness (QED) is 0.774. The summed E-state index contributed by atoms with van der Waals surface area (Å²) in [6.07, 6.45) is 0.323. The van der Waals surface area contributed by atoms with E-state index in [0.29, 0.717) is 19.6 Å². The highest BCUT2D eigenvalue weighted by Gasteiger charge is 2.16. The van der Waals surface area contributed by atoms with Crippen molar-refractivity contribution in [2.24, 2.45) is 5.73 Å². The molecule has 0 radical (unpaired) electrons. The average Bonchev–Trinajstić information content (AvgIpc) is 2.27. The summed E-state index contributed by atoms with van der Waals surface area (Å²) in [6.45, 7) is 4.91. The summed E-state index contributed by atoms with van der Waals surface area (Å²) in [5, 5.41) is 9.44. The maximum atomic E-state index is 9.44. The molecule has 1 rings (SSSR count). The third kappa shape index (κ3) is 3.51. The smallest absolute Gasteiger partial charge is 0.122 e. The lowest BCUT2D eigenvalue weighted by atomic mass is 9.93. The number of hydrogen-bond acceptors (Lipinski definition) is 3. The number of nitrogens with two attached hydrogens (primary N) is 1. The zero-order valence-corrected chi connectivity index (χ0v) is 10.0. The number of benzene rings is 1. The molecule has 90 valence electrons. The number of hydrogen-bond donors (Lipinski definition) is 2. The lowest BCUT2D eigenvalue weighted by Crippen LogP contribution is -2.18. The molecule has 3 N–H and O–H groups in total. The molecule has 0 aliphatic carbocycles. The van der Waals surface area contributed by atoms with Crippen LogP contribution < -0.4 is 10.5 Å². The van der Waals surface area contributed by atoms with E-state index < -0.39 is 0 Å². The van der Waals surface area contributed by atoms with E-state index in [-0.39, 0.29) is 12.0 Å². The molecule has 0 saturated carbocycles. The lowest BCUT2D eigenvalue weighted by Gasteiger charge is -2.20. The van der Waals surface area contributed by atoms with E-state index in [2.05, 4.69) is 0 Å². The molecule has 16 heavy (non-hydrogen) atoms. The lowest BCUT2D eigenvalue weighted by molar-refractivity contribution is 0.174. The van der Waals surface area contributed by atoms with Gasteiger partial charge in [-0.25, -0.2) is 0 Å². The minimum absolute atomic E-state index is 0.155. The Morgan fingerprint density at radius 2 is 2.06 bits per heavy atom. The molecule has 0 amide bonds. The summed E-state index contributed by atoms with van der Waals surface area (Å²) in [7, 11) is 0. The Bertz CT molecular complexity index is 313. The molecule has 2 atom stereocenters. The van der Waals surface area contributed by atoms with Gasteiger partial charge in [0.05, 0.1) is 12.7 Å². The van der Waals surface area contributed by atoms with Gasteiger partial charge in [0.25, 0.3) is 0 Å². The van der Waals surface area contributed by atoms with Crippen LogP contribution in [0, 0.1) is 0 Å². The Kier molecular flexibility index (Phi) is 5.29. The van der Waals surface area contributed by atoms with Gasteiger partial charge in [-0.2, -0.15) is 0 Å². The summed E-state index contributed by atoms with van der Waals surface area (Å²) in [4.78, 5) is 0. The topological polar surface area (TPSA) is 55.5 Å². The van der Waals surface area contributed by atoms with Gasteiger partial charge in [-0.1, -0.05) is 18.2 Å². The second-order valence-electron chi connectivity index (χ2n) is 3.99. The van der Waals surface area contributed by atoms with Crippen LogP contribution in [0.5, 0.6) is 5.75 Å². The van der Waals surface area contributed by atoms with Crippen molar-refractivity contribution in [2.45, 2.75) is 32.3 Å². The summed E-state index contributed by atoms with van der Waals surface area (Å²) in [5.41, 5.74) is 6.84. The van der Waals surface area contributed by atoms with E-state index in [1.54, 1.807) is 6.92 Å². The molecular formula is C13H21NO2. The van der Waals surface area contributed by atoms with Gasteiger partial charge in [0.1, 0.15) is 5.75 Å². The van der Waals surface area contributed by atoms with Gasteiger partial charge in [0, 0.05) is 5.92 Å². The van der Waals surface area contributed by atoms with Gasteiger partial charge >= 0.3 is 0 Å². The van der Waals surface area contributed by atoms with Crippen molar-refractivity contribution < 1.29 is 9.84 Å². The van der Waals surface area contributed by atoms with Crippen molar-refractivity contribution in [3.05, 3.63) is 29.8 Å². The van der Waals surface area contributed by atoms with Crippen molar-refractivity contribution in [1.82, 2.24) is 0 Å². The van der Waals surface area contributed by atoms with Gasteiger partial charge in [0.2, 0.25) is 0 Å². The summed E-state index contributed by atoms with van der Waals surface area (Å²) in [6, 6.07) is 7.89. The van der Waals surface area contributed by atoms with Crippen molar-refractivity contribution >= 4 is 0 Å². The van der Waals surface area contributed by atoms with Crippen molar-refractivity contribution in [1.29, 1.82) is 0 Å². The van der Waals surface area contributed by atoms with Crippen LogP contribution in [0.2, 0.25) is 0 Å². The molecule has 0 aliphatic heterocycles. The number of aliphatic hydroxyl groups is 1. The number of para-hydroxylation sites is 1. The minimum atomic E-state index is -0.344. The number of rotatable bonds is 6. The van der Waals surface area contributed by atoms with E-state index in [4.69, 9.17) is 10.5 Å². The number of aliphatic hydroxyl groups excluding tert-OH is 1. The van der Waals surface area contributed by atoms with E-state index >= 15 is 0 Å². The molecule has 3 heteroatoms. The average molecular weight is 223 g/mol. The first-order chi connectivity index (χ1) is 7.69. The third-order valence-electron chi connectivity index (χ3n) is 2.57. The second kappa shape index (κ2) is 6.51. The fourth-order valence-electron chi connectivity index (χ4n) is 1.87. The number of ether oxygens (including phenoxy) is 1. The first-order valence-electron chi connectivity index (χ1n) is 5.78. The Hall–Kier alpha value is -1.06. The van der Waals surface area contributed by atoms with Crippen LogP contribution in [0.3, 0.4) is 0 Å². The molecule has 0 spiro atoms. The van der Waals surface area contributed by atoms with Gasteiger partial charge in [-0.05, 0) is 38.4 Å². The standard InChI is InChI=1S/C13H21NO2/c1-3-16-13-7-5-4-6-12(13)11(9-14)8-10(2)15/h4-7,10-11,15H,3,8-9,14H2,1-2H3. The summed E-state index contributed by atoms with van der Waals surface area (Å²) >= 11 is 0. The van der Waals surface area contributed by atoms with Crippen LogP contribution in [-0.4, -0.2) is 24.4 Å². The van der Waals surface area contributed by atoms with Crippen molar-refractivity contribution in [2.75, 3.05) is 13.2 Å². The van der Waals surface area contributed by atoms with Gasteiger partial charge in [-0.3, -0.25) is 0 Å². The fraction of sp³-hybridized carbons (Fsp3) is 0.538. The van der Waals surface area contributed by atoms with Gasteiger partial charge in [0.15, 0.2) is 0 Å². The third-order valence-corrected chi connectivity index (χ3v) is 2.57. The molecule has 0 heterocycles. The second-order valence-corrected chi connectivity index (χ2v) is 3.99. The highest BCUT2D eigenvalue weighted by molar-refractivity contribution is 5.36. The maximum Gasteiger partial charge on any atom is 0.122 e. The zero-order valence-electron chi connectivity index (χ0n) is 10.0. The van der Waals surface area contributed by atoms with E-state index in [0.717, 1.165) is 11.3 Å². The SMILES string of the molecule is CCOc1ccccc1C(CN)CC(C)O. The van der Waals surface area contributed by atoms with Crippen LogP contribution >= 0.6 is 0 Å². The summed E-state index contributed by atoms with van der Waals surface area (Å²) < 4.78 is 5.56. The first-order valence-corrected chi connectivity index (χ1v) is 5.78. The predicted molar refractivity (Wildman–Crippen MR) is 65.7 cm³/mol. The normalized spacial score (nSPS) is 14.5. The molecule has 1 aromatic rings. The molecule has 0 aromatic heterocycles. The molecule has 3 nitrogen and oxygen atoms in total. The van der Waals surface area contributed by atoms with Gasteiger partial charge < -0.3 is 15.6 Å². The Labute approximate surface area is 97.2 Å². The van der Waals surface area contributed by atoms with Crippen LogP contribution in [0.15, 0.2) is 24.3 Å². The van der Waals surface area contributed by atoms with Crippen LogP contribution in [0.1, 0.15) is 31.7 Å². The van der Waals surface area contributed by atoms with Crippen LogP contribution in [-0.2, 0) is 0 Å². The molecular weight excluding hydrogens is 202 g/mol. The Morgan fingerprint density at radius 3 is 2.62 bits per heavy atom. The fourth-order valence-corrected chi connectivity index (χ4v) is 1.87. The van der Waals surface area contributed by atoms with Gasteiger partial charge in [-0.15, -0.1) is 0 Å². The zero-order chi connectivity index (χ0) is 12.0. The van der Waals surface area contributed by atoms with Crippen molar-refractivity contribution in [3.8, 4) is 5.75 Å². The molecule has 0 bridgehead atoms. The largest absolute Gasteiger partial charge is 0.494 e. The Morgan fingerprint density at radius 1 is 1.38 bits per heavy atom.